The molecule has 0 bridgehead atoms. The lowest BCUT2D eigenvalue weighted by molar-refractivity contribution is -0.135. The largest absolute Gasteiger partial charge is 0.338 e. The van der Waals surface area contributed by atoms with Crippen molar-refractivity contribution in [3.63, 3.8) is 0 Å². The van der Waals surface area contributed by atoms with Crippen molar-refractivity contribution in [1.29, 1.82) is 0 Å². The minimum absolute atomic E-state index is 0.0516. The van der Waals surface area contributed by atoms with E-state index in [2.05, 4.69) is 17.1 Å². The maximum Gasteiger partial charge on any atom is 0.239 e. The van der Waals surface area contributed by atoms with Gasteiger partial charge in [0, 0.05) is 12.6 Å². The van der Waals surface area contributed by atoms with Crippen molar-refractivity contribution in [3.05, 3.63) is 0 Å². The highest BCUT2D eigenvalue weighted by Gasteiger charge is 2.31. The molecule has 1 saturated heterocycles. The maximum atomic E-state index is 12.6. The molecule has 0 aromatic heterocycles. The minimum atomic E-state index is 0.0516. The highest BCUT2D eigenvalue weighted by molar-refractivity contribution is 5.82. The lowest BCUT2D eigenvalue weighted by atomic mass is 9.98. The third kappa shape index (κ3) is 3.95. The normalized spacial score (nSPS) is 31.1. The number of carbonyl (C=O) groups is 1. The van der Waals surface area contributed by atoms with Crippen LogP contribution >= 0.6 is 0 Å². The Labute approximate surface area is 118 Å². The molecule has 0 spiro atoms. The van der Waals surface area contributed by atoms with Crippen molar-refractivity contribution in [1.82, 2.24) is 10.2 Å². The number of nitrogens with zero attached hydrogens (tertiary/aromatic N) is 1. The molecule has 2 unspecified atom stereocenters. The van der Waals surface area contributed by atoms with Crippen molar-refractivity contribution in [2.24, 2.45) is 5.92 Å². The van der Waals surface area contributed by atoms with Gasteiger partial charge < -0.3 is 10.2 Å². The summed E-state index contributed by atoms with van der Waals surface area (Å²) in [5.41, 5.74) is 0. The lowest BCUT2D eigenvalue weighted by Gasteiger charge is -2.32. The summed E-state index contributed by atoms with van der Waals surface area (Å²) in [7, 11) is 1.92. The molecule has 0 aromatic rings. The molecule has 3 nitrogen and oxygen atoms in total. The Morgan fingerprint density at radius 2 is 1.74 bits per heavy atom. The number of amides is 1. The topological polar surface area (TPSA) is 32.3 Å². The molecule has 2 aliphatic rings. The average Bonchev–Trinajstić information content (AvgIpc) is 2.74. The standard InChI is InChI=1S/C16H30N2O/c1-13-8-7-11-15(17-2)16(19)18(13)12-14-9-5-3-4-6-10-14/h13-15,17H,3-12H2,1-2H3. The van der Waals surface area contributed by atoms with Gasteiger partial charge >= 0.3 is 0 Å². The van der Waals surface area contributed by atoms with Crippen LogP contribution in [-0.4, -0.2) is 36.5 Å². The van der Waals surface area contributed by atoms with Crippen LogP contribution in [0.5, 0.6) is 0 Å². The molecule has 1 aliphatic heterocycles. The fourth-order valence-electron chi connectivity index (χ4n) is 3.68. The Morgan fingerprint density at radius 1 is 1.05 bits per heavy atom. The first-order valence-electron chi connectivity index (χ1n) is 8.20. The third-order valence-electron chi connectivity index (χ3n) is 5.01. The molecular weight excluding hydrogens is 236 g/mol. The monoisotopic (exact) mass is 266 g/mol. The number of rotatable bonds is 3. The maximum absolute atomic E-state index is 12.6. The molecule has 1 N–H and O–H groups in total. The van der Waals surface area contributed by atoms with E-state index in [-0.39, 0.29) is 6.04 Å². The van der Waals surface area contributed by atoms with Gasteiger partial charge in [-0.25, -0.2) is 0 Å². The number of hydrogen-bond donors (Lipinski definition) is 1. The molecule has 19 heavy (non-hydrogen) atoms. The van der Waals surface area contributed by atoms with Crippen LogP contribution in [0, 0.1) is 5.92 Å². The van der Waals surface area contributed by atoms with Gasteiger partial charge in [0.1, 0.15) is 0 Å². The van der Waals surface area contributed by atoms with Crippen LogP contribution in [0.25, 0.3) is 0 Å². The molecule has 1 amide bonds. The van der Waals surface area contributed by atoms with Crippen molar-refractivity contribution >= 4 is 5.91 Å². The highest BCUT2D eigenvalue weighted by atomic mass is 16.2. The van der Waals surface area contributed by atoms with E-state index in [1.807, 2.05) is 7.05 Å². The fraction of sp³-hybridized carbons (Fsp3) is 0.938. The molecule has 1 heterocycles. The predicted octanol–water partition coefficient (Wildman–Crippen LogP) is 2.95. The van der Waals surface area contributed by atoms with E-state index in [0.29, 0.717) is 11.9 Å². The van der Waals surface area contributed by atoms with Gasteiger partial charge in [0.05, 0.1) is 6.04 Å². The Morgan fingerprint density at radius 3 is 2.37 bits per heavy atom. The van der Waals surface area contributed by atoms with Gasteiger partial charge in [-0.15, -0.1) is 0 Å². The van der Waals surface area contributed by atoms with Crippen LogP contribution in [0.3, 0.4) is 0 Å². The Bertz CT molecular complexity index is 284. The summed E-state index contributed by atoms with van der Waals surface area (Å²) in [5.74, 6) is 1.08. The summed E-state index contributed by atoms with van der Waals surface area (Å²) in [6.07, 6.45) is 11.5. The van der Waals surface area contributed by atoms with E-state index in [9.17, 15) is 4.79 Å². The minimum Gasteiger partial charge on any atom is -0.338 e. The van der Waals surface area contributed by atoms with Crippen LogP contribution in [0.4, 0.5) is 0 Å². The summed E-state index contributed by atoms with van der Waals surface area (Å²) in [6, 6.07) is 0.477. The summed E-state index contributed by atoms with van der Waals surface area (Å²) in [6.45, 7) is 3.23. The molecule has 1 saturated carbocycles. The number of likely N-dealkylation sites (N-methyl/N-ethyl adjacent to an activating group) is 1. The predicted molar refractivity (Wildman–Crippen MR) is 79.1 cm³/mol. The van der Waals surface area contributed by atoms with E-state index < -0.39 is 0 Å². The molecule has 0 radical (unpaired) electrons. The van der Waals surface area contributed by atoms with E-state index in [1.165, 1.54) is 44.9 Å². The molecule has 3 heteroatoms. The van der Waals surface area contributed by atoms with Gasteiger partial charge in [0.15, 0.2) is 0 Å². The summed E-state index contributed by atoms with van der Waals surface area (Å²) < 4.78 is 0. The number of hydrogen-bond acceptors (Lipinski definition) is 2. The van der Waals surface area contributed by atoms with Crippen molar-refractivity contribution in [2.45, 2.75) is 76.8 Å². The Balaban J connectivity index is 1.99. The van der Waals surface area contributed by atoms with Gasteiger partial charge in [-0.3, -0.25) is 4.79 Å². The second kappa shape index (κ2) is 7.28. The first kappa shape index (κ1) is 14.8. The fourth-order valence-corrected chi connectivity index (χ4v) is 3.68. The second-order valence-corrected chi connectivity index (χ2v) is 6.47. The zero-order chi connectivity index (χ0) is 13.7. The number of nitrogens with one attached hydrogen (secondary N) is 1. The SMILES string of the molecule is CNC1CCCC(C)N(CC2CCCCCC2)C1=O. The van der Waals surface area contributed by atoms with E-state index in [0.717, 1.165) is 25.3 Å². The van der Waals surface area contributed by atoms with Gasteiger partial charge in [-0.1, -0.05) is 25.7 Å². The number of carbonyl (C=O) groups excluding carboxylic acids is 1. The Hall–Kier alpha value is -0.570. The summed E-state index contributed by atoms with van der Waals surface area (Å²) in [5, 5.41) is 3.20. The summed E-state index contributed by atoms with van der Waals surface area (Å²) in [4.78, 5) is 14.8. The average molecular weight is 266 g/mol. The quantitative estimate of drug-likeness (QED) is 0.797. The van der Waals surface area contributed by atoms with Gasteiger partial charge in [-0.2, -0.15) is 0 Å². The van der Waals surface area contributed by atoms with Crippen LogP contribution in [-0.2, 0) is 4.79 Å². The van der Waals surface area contributed by atoms with Gasteiger partial charge in [0.25, 0.3) is 0 Å². The zero-order valence-electron chi connectivity index (χ0n) is 12.7. The molecule has 0 aromatic carbocycles. The molecule has 2 rings (SSSR count). The van der Waals surface area contributed by atoms with Crippen molar-refractivity contribution in [2.75, 3.05) is 13.6 Å². The first-order valence-corrected chi connectivity index (χ1v) is 8.20. The third-order valence-corrected chi connectivity index (χ3v) is 5.01. The molecule has 2 fully saturated rings. The van der Waals surface area contributed by atoms with E-state index >= 15 is 0 Å². The van der Waals surface area contributed by atoms with Crippen LogP contribution in [0.15, 0.2) is 0 Å². The first-order chi connectivity index (χ1) is 9.22. The van der Waals surface area contributed by atoms with Crippen LogP contribution in [0.2, 0.25) is 0 Å². The van der Waals surface area contributed by atoms with E-state index in [4.69, 9.17) is 0 Å². The lowest BCUT2D eigenvalue weighted by Crippen LogP contribution is -2.48. The molecule has 1 aliphatic carbocycles. The van der Waals surface area contributed by atoms with Gasteiger partial charge in [-0.05, 0) is 52.0 Å². The number of likely N-dealkylation sites (tertiary alicyclic amines) is 1. The molecule has 110 valence electrons. The smallest absolute Gasteiger partial charge is 0.239 e. The van der Waals surface area contributed by atoms with Crippen LogP contribution in [0.1, 0.15) is 64.7 Å². The zero-order valence-corrected chi connectivity index (χ0v) is 12.7. The van der Waals surface area contributed by atoms with Crippen LogP contribution < -0.4 is 5.32 Å². The van der Waals surface area contributed by atoms with Crippen molar-refractivity contribution in [3.8, 4) is 0 Å². The van der Waals surface area contributed by atoms with Crippen molar-refractivity contribution < 1.29 is 4.79 Å². The summed E-state index contributed by atoms with van der Waals surface area (Å²) >= 11 is 0. The Kier molecular flexibility index (Phi) is 5.68. The molecular formula is C16H30N2O. The highest BCUT2D eigenvalue weighted by Crippen LogP contribution is 2.26. The van der Waals surface area contributed by atoms with Gasteiger partial charge in [0.2, 0.25) is 5.91 Å². The molecule has 2 atom stereocenters. The second-order valence-electron chi connectivity index (χ2n) is 6.47. The van der Waals surface area contributed by atoms with E-state index in [1.54, 1.807) is 0 Å².